The highest BCUT2D eigenvalue weighted by Crippen LogP contribution is 2.25. The van der Waals surface area contributed by atoms with Gasteiger partial charge in [-0.15, -0.1) is 0 Å². The number of thioether (sulfide) groups is 1. The zero-order valence-electron chi connectivity index (χ0n) is 12.5. The molecule has 0 spiro atoms. The summed E-state index contributed by atoms with van der Waals surface area (Å²) in [6, 6.07) is 7.68. The van der Waals surface area contributed by atoms with E-state index in [1.165, 1.54) is 26.0 Å². The number of rotatable bonds is 8. The Bertz CT molecular complexity index is 440. The second-order valence-corrected chi connectivity index (χ2v) is 5.63. The minimum atomic E-state index is -0.328. The molecular formula is C15H20O5S. The van der Waals surface area contributed by atoms with E-state index < -0.39 is 0 Å². The standard InChI is InChI=1S/C15H20O5S/c1-18-12-6-4-11(5-7-12)10-21-13(8-14(16)19-2)9-15(17)20-3/h4-7,13H,8-10H2,1-3H3. The van der Waals surface area contributed by atoms with Crippen molar-refractivity contribution >= 4 is 23.7 Å². The predicted molar refractivity (Wildman–Crippen MR) is 81.3 cm³/mol. The molecule has 0 fully saturated rings. The Kier molecular flexibility index (Phi) is 7.68. The minimum Gasteiger partial charge on any atom is -0.497 e. The summed E-state index contributed by atoms with van der Waals surface area (Å²) in [4.78, 5) is 22.8. The van der Waals surface area contributed by atoms with E-state index in [2.05, 4.69) is 9.47 Å². The number of carbonyl (C=O) groups is 2. The second kappa shape index (κ2) is 9.28. The SMILES string of the molecule is COC(=O)CC(CC(=O)OC)SCc1ccc(OC)cc1. The summed E-state index contributed by atoms with van der Waals surface area (Å²) in [6.07, 6.45) is 0.374. The number of benzene rings is 1. The molecule has 5 nitrogen and oxygen atoms in total. The number of esters is 2. The summed E-state index contributed by atoms with van der Waals surface area (Å²) in [7, 11) is 4.30. The lowest BCUT2D eigenvalue weighted by atomic mass is 10.2. The Morgan fingerprint density at radius 1 is 1.00 bits per heavy atom. The first-order valence-electron chi connectivity index (χ1n) is 6.47. The molecule has 0 saturated carbocycles. The molecule has 0 N–H and O–H groups in total. The molecule has 0 aliphatic rings. The lowest BCUT2D eigenvalue weighted by molar-refractivity contribution is -0.142. The van der Waals surface area contributed by atoms with Gasteiger partial charge in [-0.25, -0.2) is 0 Å². The van der Waals surface area contributed by atoms with E-state index in [9.17, 15) is 9.59 Å². The van der Waals surface area contributed by atoms with Crippen molar-refractivity contribution in [2.45, 2.75) is 23.8 Å². The summed E-state index contributed by atoms with van der Waals surface area (Å²) in [5.74, 6) is 0.838. The van der Waals surface area contributed by atoms with Crippen LogP contribution in [0.1, 0.15) is 18.4 Å². The maximum absolute atomic E-state index is 11.4. The third kappa shape index (κ3) is 6.53. The smallest absolute Gasteiger partial charge is 0.306 e. The third-order valence-electron chi connectivity index (χ3n) is 2.89. The zero-order valence-corrected chi connectivity index (χ0v) is 13.3. The van der Waals surface area contributed by atoms with Gasteiger partial charge >= 0.3 is 11.9 Å². The molecule has 0 aliphatic carbocycles. The fourth-order valence-electron chi connectivity index (χ4n) is 1.66. The van der Waals surface area contributed by atoms with Crippen LogP contribution in [0.2, 0.25) is 0 Å². The van der Waals surface area contributed by atoms with Crippen LogP contribution >= 0.6 is 11.8 Å². The molecular weight excluding hydrogens is 292 g/mol. The van der Waals surface area contributed by atoms with Crippen LogP contribution in [0.3, 0.4) is 0 Å². The van der Waals surface area contributed by atoms with Gasteiger partial charge in [-0.1, -0.05) is 12.1 Å². The van der Waals surface area contributed by atoms with Crippen LogP contribution in [0, 0.1) is 0 Å². The number of methoxy groups -OCH3 is 3. The third-order valence-corrected chi connectivity index (χ3v) is 4.19. The Morgan fingerprint density at radius 2 is 1.52 bits per heavy atom. The summed E-state index contributed by atoms with van der Waals surface area (Å²) in [5, 5.41) is -0.160. The van der Waals surface area contributed by atoms with Crippen LogP contribution in [0.15, 0.2) is 24.3 Å². The molecule has 116 valence electrons. The Hall–Kier alpha value is -1.69. The monoisotopic (exact) mass is 312 g/mol. The van der Waals surface area contributed by atoms with Crippen molar-refractivity contribution in [2.24, 2.45) is 0 Å². The molecule has 1 aromatic rings. The topological polar surface area (TPSA) is 61.8 Å². The molecule has 1 aromatic carbocycles. The number of hydrogen-bond donors (Lipinski definition) is 0. The van der Waals surface area contributed by atoms with Crippen molar-refractivity contribution < 1.29 is 23.8 Å². The molecule has 0 unspecified atom stereocenters. The van der Waals surface area contributed by atoms with Gasteiger partial charge < -0.3 is 14.2 Å². The minimum absolute atomic E-state index is 0.160. The summed E-state index contributed by atoms with van der Waals surface area (Å²) < 4.78 is 14.4. The van der Waals surface area contributed by atoms with Gasteiger partial charge in [0.2, 0.25) is 0 Å². The van der Waals surface area contributed by atoms with Crippen LogP contribution in [-0.4, -0.2) is 38.5 Å². The van der Waals surface area contributed by atoms with Gasteiger partial charge in [0.25, 0.3) is 0 Å². The fraction of sp³-hybridized carbons (Fsp3) is 0.467. The van der Waals surface area contributed by atoms with Crippen molar-refractivity contribution in [2.75, 3.05) is 21.3 Å². The van der Waals surface area contributed by atoms with E-state index in [1.54, 1.807) is 7.11 Å². The molecule has 0 amide bonds. The molecule has 0 saturated heterocycles. The maximum atomic E-state index is 11.4. The normalized spacial score (nSPS) is 10.3. The van der Waals surface area contributed by atoms with Crippen LogP contribution in [0.4, 0.5) is 0 Å². The van der Waals surface area contributed by atoms with Gasteiger partial charge in [-0.3, -0.25) is 9.59 Å². The fourth-order valence-corrected chi connectivity index (χ4v) is 2.79. The number of hydrogen-bond acceptors (Lipinski definition) is 6. The van der Waals surface area contributed by atoms with Crippen LogP contribution < -0.4 is 4.74 Å². The van der Waals surface area contributed by atoms with Crippen LogP contribution in [0.25, 0.3) is 0 Å². The molecule has 0 heterocycles. The summed E-state index contributed by atoms with van der Waals surface area (Å²) in [5.41, 5.74) is 1.10. The largest absolute Gasteiger partial charge is 0.497 e. The van der Waals surface area contributed by atoms with Crippen LogP contribution in [-0.2, 0) is 24.8 Å². The van der Waals surface area contributed by atoms with Crippen molar-refractivity contribution in [3.05, 3.63) is 29.8 Å². The highest BCUT2D eigenvalue weighted by atomic mass is 32.2. The number of carbonyl (C=O) groups excluding carboxylic acids is 2. The van der Waals surface area contributed by atoms with Gasteiger partial charge in [0.15, 0.2) is 0 Å². The van der Waals surface area contributed by atoms with Gasteiger partial charge in [0, 0.05) is 11.0 Å². The van der Waals surface area contributed by atoms with Gasteiger partial charge in [0.1, 0.15) is 5.75 Å². The van der Waals surface area contributed by atoms with E-state index in [-0.39, 0.29) is 30.0 Å². The van der Waals surface area contributed by atoms with E-state index in [0.717, 1.165) is 11.3 Å². The van der Waals surface area contributed by atoms with Crippen molar-refractivity contribution in [1.29, 1.82) is 0 Å². The van der Waals surface area contributed by atoms with Gasteiger partial charge in [-0.05, 0) is 17.7 Å². The maximum Gasteiger partial charge on any atom is 0.306 e. The van der Waals surface area contributed by atoms with Crippen molar-refractivity contribution in [1.82, 2.24) is 0 Å². The average Bonchev–Trinajstić information content (AvgIpc) is 2.52. The Balaban J connectivity index is 2.57. The second-order valence-electron chi connectivity index (χ2n) is 4.34. The first-order valence-corrected chi connectivity index (χ1v) is 7.52. The highest BCUT2D eigenvalue weighted by Gasteiger charge is 2.19. The first-order chi connectivity index (χ1) is 10.1. The summed E-state index contributed by atoms with van der Waals surface area (Å²) >= 11 is 1.53. The molecule has 0 bridgehead atoms. The van der Waals surface area contributed by atoms with E-state index in [1.807, 2.05) is 24.3 Å². The van der Waals surface area contributed by atoms with Crippen molar-refractivity contribution in [3.8, 4) is 5.75 Å². The van der Waals surface area contributed by atoms with Crippen LogP contribution in [0.5, 0.6) is 5.75 Å². The first kappa shape index (κ1) is 17.4. The number of ether oxygens (including phenoxy) is 3. The molecule has 6 heteroatoms. The molecule has 21 heavy (non-hydrogen) atoms. The Morgan fingerprint density at radius 3 is 1.95 bits per heavy atom. The van der Waals surface area contributed by atoms with E-state index >= 15 is 0 Å². The van der Waals surface area contributed by atoms with E-state index in [0.29, 0.717) is 5.75 Å². The van der Waals surface area contributed by atoms with Gasteiger partial charge in [-0.2, -0.15) is 11.8 Å². The van der Waals surface area contributed by atoms with Crippen molar-refractivity contribution in [3.63, 3.8) is 0 Å². The van der Waals surface area contributed by atoms with Gasteiger partial charge in [0.05, 0.1) is 34.2 Å². The zero-order chi connectivity index (χ0) is 15.7. The average molecular weight is 312 g/mol. The quantitative estimate of drug-likeness (QED) is 0.687. The summed E-state index contributed by atoms with van der Waals surface area (Å²) in [6.45, 7) is 0. The lowest BCUT2D eigenvalue weighted by Crippen LogP contribution is -2.17. The predicted octanol–water partition coefficient (Wildman–Crippen LogP) is 2.42. The molecule has 1 rings (SSSR count). The van der Waals surface area contributed by atoms with E-state index in [4.69, 9.17) is 4.74 Å². The Labute approximate surface area is 129 Å². The highest BCUT2D eigenvalue weighted by molar-refractivity contribution is 7.99. The molecule has 0 aromatic heterocycles. The molecule has 0 radical (unpaired) electrons. The molecule has 0 aliphatic heterocycles. The lowest BCUT2D eigenvalue weighted by Gasteiger charge is -2.14. The molecule has 0 atom stereocenters.